The third kappa shape index (κ3) is 4.06. The average Bonchev–Trinajstić information content (AvgIpc) is 3.64. The van der Waals surface area contributed by atoms with Gasteiger partial charge in [0.2, 0.25) is 0 Å². The van der Waals surface area contributed by atoms with Crippen molar-refractivity contribution in [2.24, 2.45) is 0 Å². The molecule has 0 unspecified atom stereocenters. The Morgan fingerprint density at radius 1 is 0.974 bits per heavy atom. The molecule has 0 aromatic carbocycles. The lowest BCUT2D eigenvalue weighted by molar-refractivity contribution is 0.0115. The molecule has 0 saturated carbocycles. The van der Waals surface area contributed by atoms with E-state index in [9.17, 15) is 8.78 Å². The fourth-order valence-corrected chi connectivity index (χ4v) is 4.93. The summed E-state index contributed by atoms with van der Waals surface area (Å²) in [6, 6.07) is 9.66. The van der Waals surface area contributed by atoms with Crippen LogP contribution in [0, 0.1) is 0 Å². The summed E-state index contributed by atoms with van der Waals surface area (Å²) in [5, 5.41) is 8.26. The maximum Gasteiger partial charge on any atom is 0.261 e. The zero-order valence-electron chi connectivity index (χ0n) is 20.1. The van der Waals surface area contributed by atoms with Crippen LogP contribution in [-0.2, 0) is 6.54 Å². The van der Waals surface area contributed by atoms with Crippen LogP contribution in [-0.4, -0.2) is 64.0 Å². The van der Waals surface area contributed by atoms with Crippen molar-refractivity contribution in [3.8, 4) is 33.9 Å². The number of imidazole rings is 1. The summed E-state index contributed by atoms with van der Waals surface area (Å²) in [5.74, 6) is -2.04. The van der Waals surface area contributed by atoms with Crippen LogP contribution < -0.4 is 0 Å². The van der Waals surface area contributed by atoms with Gasteiger partial charge in [-0.1, -0.05) is 6.07 Å². The van der Waals surface area contributed by atoms with Crippen molar-refractivity contribution in [1.29, 1.82) is 0 Å². The van der Waals surface area contributed by atoms with Crippen LogP contribution in [0.25, 0.3) is 56.0 Å². The molecular weight excluding hydrogens is 488 g/mol. The van der Waals surface area contributed by atoms with Crippen molar-refractivity contribution in [1.82, 2.24) is 45.0 Å². The second-order valence-corrected chi connectivity index (χ2v) is 9.47. The van der Waals surface area contributed by atoms with Crippen molar-refractivity contribution < 1.29 is 8.78 Å². The highest BCUT2D eigenvalue weighted by Gasteiger charge is 2.37. The number of H-pyrrole nitrogens is 2. The van der Waals surface area contributed by atoms with Gasteiger partial charge in [-0.3, -0.25) is 25.0 Å². The molecule has 0 atom stereocenters. The van der Waals surface area contributed by atoms with Crippen LogP contribution in [0.1, 0.15) is 12.0 Å². The lowest BCUT2D eigenvalue weighted by Gasteiger charge is -2.15. The van der Waals surface area contributed by atoms with Crippen LogP contribution in [0.15, 0.2) is 67.5 Å². The van der Waals surface area contributed by atoms with E-state index in [1.165, 1.54) is 0 Å². The van der Waals surface area contributed by atoms with Crippen LogP contribution in [0.3, 0.4) is 0 Å². The maximum atomic E-state index is 13.6. The highest BCUT2D eigenvalue weighted by atomic mass is 19.3. The first-order valence-electron chi connectivity index (χ1n) is 12.2. The molecule has 11 heteroatoms. The molecule has 0 amide bonds. The maximum absolute atomic E-state index is 13.6. The number of alkyl halides is 2. The van der Waals surface area contributed by atoms with E-state index in [0.29, 0.717) is 30.3 Å². The second-order valence-electron chi connectivity index (χ2n) is 9.47. The van der Waals surface area contributed by atoms with Crippen LogP contribution in [0.5, 0.6) is 0 Å². The minimum absolute atomic E-state index is 0.106. The van der Waals surface area contributed by atoms with Gasteiger partial charge in [0, 0.05) is 67.2 Å². The van der Waals surface area contributed by atoms with Crippen LogP contribution in [0.4, 0.5) is 8.78 Å². The van der Waals surface area contributed by atoms with E-state index >= 15 is 0 Å². The van der Waals surface area contributed by atoms with Gasteiger partial charge in [0.1, 0.15) is 11.2 Å². The van der Waals surface area contributed by atoms with Gasteiger partial charge in [-0.15, -0.1) is 0 Å². The minimum Gasteiger partial charge on any atom is -0.335 e. The molecule has 2 N–H and O–H groups in total. The average molecular weight is 510 g/mol. The Morgan fingerprint density at radius 2 is 1.87 bits per heavy atom. The SMILES string of the molecule is FC1(F)CCN(Cc2cncc(-c3cnc4[nH]nc(-c5nc6c(-c7ccccn7)cncc6[nH]5)c4c3)c2)C1. The number of pyridine rings is 4. The number of rotatable bonds is 5. The predicted molar refractivity (Wildman–Crippen MR) is 138 cm³/mol. The summed E-state index contributed by atoms with van der Waals surface area (Å²) < 4.78 is 27.2. The highest BCUT2D eigenvalue weighted by Crippen LogP contribution is 2.32. The molecule has 1 aliphatic rings. The number of nitrogens with one attached hydrogen (secondary N) is 2. The number of fused-ring (bicyclic) bond motifs is 2. The fraction of sp³-hybridized carbons (Fsp3) is 0.185. The standard InChI is InChI=1S/C27H21F2N9/c28-27(29)4-6-38(15-27)14-16-7-17(10-30-9-16)18-8-19-24(36-37-25(19)33-11-18)26-34-22-13-31-12-20(23(22)35-26)21-3-1-2-5-32-21/h1-3,5,7-13H,4,6,14-15H2,(H,34,35)(H,33,36,37). The number of nitrogens with zero attached hydrogens (tertiary/aromatic N) is 7. The number of aromatic nitrogens is 8. The smallest absolute Gasteiger partial charge is 0.261 e. The molecule has 6 aromatic rings. The third-order valence-electron chi connectivity index (χ3n) is 6.76. The first-order valence-corrected chi connectivity index (χ1v) is 12.2. The van der Waals surface area contributed by atoms with Crippen LogP contribution >= 0.6 is 0 Å². The molecule has 7 heterocycles. The van der Waals surface area contributed by atoms with E-state index in [4.69, 9.17) is 4.98 Å². The number of hydrogen-bond acceptors (Lipinski definition) is 7. The van der Waals surface area contributed by atoms with E-state index in [-0.39, 0.29) is 13.0 Å². The molecule has 188 valence electrons. The van der Waals surface area contributed by atoms with Crippen molar-refractivity contribution in [3.05, 3.63) is 73.1 Å². The van der Waals surface area contributed by atoms with Gasteiger partial charge in [-0.05, 0) is 29.8 Å². The summed E-state index contributed by atoms with van der Waals surface area (Å²) in [6.07, 6.45) is 10.3. The van der Waals surface area contributed by atoms with Crippen molar-refractivity contribution in [2.75, 3.05) is 13.1 Å². The molecule has 0 radical (unpaired) electrons. The lowest BCUT2D eigenvalue weighted by atomic mass is 10.1. The summed E-state index contributed by atoms with van der Waals surface area (Å²) in [7, 11) is 0. The summed E-state index contributed by atoms with van der Waals surface area (Å²) in [4.78, 5) is 27.6. The normalized spacial score (nSPS) is 15.5. The van der Waals surface area contributed by atoms with E-state index in [0.717, 1.165) is 44.4 Å². The zero-order chi connectivity index (χ0) is 25.7. The number of aromatic amines is 2. The Hall–Kier alpha value is -4.64. The second kappa shape index (κ2) is 8.73. The molecule has 38 heavy (non-hydrogen) atoms. The Balaban J connectivity index is 1.24. The van der Waals surface area contributed by atoms with Crippen molar-refractivity contribution in [3.63, 3.8) is 0 Å². The molecule has 0 aliphatic carbocycles. The monoisotopic (exact) mass is 509 g/mol. The molecule has 9 nitrogen and oxygen atoms in total. The molecule has 0 bridgehead atoms. The van der Waals surface area contributed by atoms with E-state index in [1.807, 2.05) is 30.3 Å². The molecule has 7 rings (SSSR count). The first-order chi connectivity index (χ1) is 18.5. The number of halogens is 2. The van der Waals surface area contributed by atoms with Gasteiger partial charge in [-0.25, -0.2) is 18.7 Å². The van der Waals surface area contributed by atoms with Gasteiger partial charge < -0.3 is 4.98 Å². The van der Waals surface area contributed by atoms with Gasteiger partial charge >= 0.3 is 0 Å². The predicted octanol–water partition coefficient (Wildman–Crippen LogP) is 4.86. The molecular formula is C27H21F2N9. The van der Waals surface area contributed by atoms with Gasteiger partial charge in [0.05, 0.1) is 29.3 Å². The largest absolute Gasteiger partial charge is 0.335 e. The van der Waals surface area contributed by atoms with E-state index in [1.54, 1.807) is 42.1 Å². The number of likely N-dealkylation sites (tertiary alicyclic amines) is 1. The van der Waals surface area contributed by atoms with Gasteiger partial charge in [-0.2, -0.15) is 5.10 Å². The molecule has 1 aliphatic heterocycles. The summed E-state index contributed by atoms with van der Waals surface area (Å²) >= 11 is 0. The van der Waals surface area contributed by atoms with Gasteiger partial charge in [0.25, 0.3) is 5.92 Å². The topological polar surface area (TPSA) is 112 Å². The Morgan fingerprint density at radius 3 is 2.71 bits per heavy atom. The van der Waals surface area contributed by atoms with Gasteiger partial charge in [0.15, 0.2) is 11.5 Å². The third-order valence-corrected chi connectivity index (χ3v) is 6.76. The fourth-order valence-electron chi connectivity index (χ4n) is 4.93. The molecule has 6 aromatic heterocycles. The Kier molecular flexibility index (Phi) is 5.18. The highest BCUT2D eigenvalue weighted by molar-refractivity contribution is 5.96. The lowest BCUT2D eigenvalue weighted by Crippen LogP contribution is -2.24. The Labute approximate surface area is 215 Å². The van der Waals surface area contributed by atoms with Crippen LogP contribution in [0.2, 0.25) is 0 Å². The van der Waals surface area contributed by atoms with Crippen molar-refractivity contribution >= 4 is 22.1 Å². The molecule has 0 spiro atoms. The van der Waals surface area contributed by atoms with Crippen molar-refractivity contribution in [2.45, 2.75) is 18.9 Å². The quantitative estimate of drug-likeness (QED) is 0.341. The van der Waals surface area contributed by atoms with E-state index in [2.05, 4.69) is 35.1 Å². The first kappa shape index (κ1) is 22.5. The minimum atomic E-state index is -2.62. The van der Waals surface area contributed by atoms with E-state index < -0.39 is 5.92 Å². The Bertz CT molecular complexity index is 1780. The zero-order valence-corrected chi connectivity index (χ0v) is 20.1. The molecule has 1 fully saturated rings. The molecule has 1 saturated heterocycles. The summed E-state index contributed by atoms with van der Waals surface area (Å²) in [6.45, 7) is 0.574. The number of hydrogen-bond donors (Lipinski definition) is 2. The summed E-state index contributed by atoms with van der Waals surface area (Å²) in [5.41, 5.74) is 6.93.